The Morgan fingerprint density at radius 3 is 1.64 bits per heavy atom. The number of hydrogen-bond donors (Lipinski definition) is 2. The second-order valence-corrected chi connectivity index (χ2v) is 7.14. The summed E-state index contributed by atoms with van der Waals surface area (Å²) in [4.78, 5) is 0. The molecule has 2 heteroatoms. The van der Waals surface area contributed by atoms with Crippen molar-refractivity contribution in [2.45, 2.75) is 123 Å². The fraction of sp³-hybridized carbons (Fsp3) is 1.00. The summed E-state index contributed by atoms with van der Waals surface area (Å²) in [5, 5.41) is 21.3. The molecule has 0 aromatic rings. The zero-order valence-electron chi connectivity index (χ0n) is 15.7. The van der Waals surface area contributed by atoms with Crippen molar-refractivity contribution in [1.29, 1.82) is 0 Å². The summed E-state index contributed by atoms with van der Waals surface area (Å²) in [6.45, 7) is 8.81. The van der Waals surface area contributed by atoms with Crippen LogP contribution in [0.4, 0.5) is 0 Å². The predicted octanol–water partition coefficient (Wildman–Crippen LogP) is 5.85. The minimum absolute atomic E-state index is 0.0745. The lowest BCUT2D eigenvalue weighted by Gasteiger charge is -2.40. The predicted molar refractivity (Wildman–Crippen MR) is 97.2 cm³/mol. The van der Waals surface area contributed by atoms with Crippen molar-refractivity contribution in [2.75, 3.05) is 0 Å². The van der Waals surface area contributed by atoms with Crippen molar-refractivity contribution >= 4 is 0 Å². The number of unbranched alkanes of at least 4 members (excludes halogenated alkanes) is 6. The standard InChI is InChI=1S/C20H42O2/c1-5-9-12-13-14-15-18(21)19(22)20(8-4,16-10-6-2)17-11-7-3/h18-19,21-22H,5-17H2,1-4H3. The van der Waals surface area contributed by atoms with Crippen LogP contribution in [0.1, 0.15) is 111 Å². The molecule has 0 radical (unpaired) electrons. The summed E-state index contributed by atoms with van der Waals surface area (Å²) < 4.78 is 0. The SMILES string of the molecule is CCCCCCCC(O)C(O)C(CC)(CCCC)CCCC. The molecule has 0 aromatic carbocycles. The summed E-state index contributed by atoms with van der Waals surface area (Å²) in [7, 11) is 0. The zero-order chi connectivity index (χ0) is 16.8. The molecule has 134 valence electrons. The van der Waals surface area contributed by atoms with Crippen LogP contribution in [0, 0.1) is 5.41 Å². The van der Waals surface area contributed by atoms with Crippen molar-refractivity contribution in [3.05, 3.63) is 0 Å². The lowest BCUT2D eigenvalue weighted by molar-refractivity contribution is -0.0805. The van der Waals surface area contributed by atoms with Crippen molar-refractivity contribution in [1.82, 2.24) is 0 Å². The Bertz CT molecular complexity index is 232. The number of aliphatic hydroxyl groups is 2. The van der Waals surface area contributed by atoms with Gasteiger partial charge in [-0.3, -0.25) is 0 Å². The van der Waals surface area contributed by atoms with E-state index in [9.17, 15) is 10.2 Å². The Morgan fingerprint density at radius 1 is 0.682 bits per heavy atom. The van der Waals surface area contributed by atoms with Gasteiger partial charge in [-0.2, -0.15) is 0 Å². The summed E-state index contributed by atoms with van der Waals surface area (Å²) in [5.41, 5.74) is -0.0745. The minimum Gasteiger partial charge on any atom is -0.390 e. The largest absolute Gasteiger partial charge is 0.390 e. The van der Waals surface area contributed by atoms with Gasteiger partial charge in [0.15, 0.2) is 0 Å². The van der Waals surface area contributed by atoms with Crippen molar-refractivity contribution in [2.24, 2.45) is 5.41 Å². The summed E-state index contributed by atoms with van der Waals surface area (Å²) in [6.07, 6.45) is 13.4. The molecule has 0 aromatic heterocycles. The van der Waals surface area contributed by atoms with E-state index in [1.165, 1.54) is 25.7 Å². The summed E-state index contributed by atoms with van der Waals surface area (Å²) in [5.74, 6) is 0. The van der Waals surface area contributed by atoms with Gasteiger partial charge < -0.3 is 10.2 Å². The maximum absolute atomic E-state index is 10.8. The molecule has 2 atom stereocenters. The highest BCUT2D eigenvalue weighted by molar-refractivity contribution is 4.89. The zero-order valence-corrected chi connectivity index (χ0v) is 15.7. The van der Waals surface area contributed by atoms with E-state index < -0.39 is 12.2 Å². The average molecular weight is 315 g/mol. The van der Waals surface area contributed by atoms with Gasteiger partial charge in [0.2, 0.25) is 0 Å². The van der Waals surface area contributed by atoms with Gasteiger partial charge in [0.05, 0.1) is 12.2 Å². The third kappa shape index (κ3) is 7.97. The molecule has 0 aliphatic heterocycles. The van der Waals surface area contributed by atoms with Gasteiger partial charge in [-0.15, -0.1) is 0 Å². The van der Waals surface area contributed by atoms with E-state index in [0.717, 1.165) is 57.8 Å². The maximum Gasteiger partial charge on any atom is 0.0854 e. The molecule has 0 spiro atoms. The van der Waals surface area contributed by atoms with Gasteiger partial charge in [-0.1, -0.05) is 85.5 Å². The van der Waals surface area contributed by atoms with E-state index in [4.69, 9.17) is 0 Å². The van der Waals surface area contributed by atoms with Crippen LogP contribution < -0.4 is 0 Å². The molecule has 0 aliphatic carbocycles. The normalized spacial score (nSPS) is 15.0. The Balaban J connectivity index is 4.52. The van der Waals surface area contributed by atoms with E-state index in [2.05, 4.69) is 27.7 Å². The maximum atomic E-state index is 10.8. The molecule has 0 saturated heterocycles. The van der Waals surface area contributed by atoms with Crippen LogP contribution in [-0.2, 0) is 0 Å². The second-order valence-electron chi connectivity index (χ2n) is 7.14. The first-order chi connectivity index (χ1) is 10.6. The molecule has 0 saturated carbocycles. The Morgan fingerprint density at radius 2 is 1.18 bits per heavy atom. The molecule has 0 bridgehead atoms. The van der Waals surface area contributed by atoms with Crippen LogP contribution in [-0.4, -0.2) is 22.4 Å². The molecule has 0 fully saturated rings. The number of hydrogen-bond acceptors (Lipinski definition) is 2. The van der Waals surface area contributed by atoms with Crippen molar-refractivity contribution in [3.8, 4) is 0 Å². The first-order valence-electron chi connectivity index (χ1n) is 9.94. The number of aliphatic hydroxyl groups excluding tert-OH is 2. The molecule has 2 unspecified atom stereocenters. The molecule has 0 amide bonds. The third-order valence-electron chi connectivity index (χ3n) is 5.36. The molecule has 0 aliphatic rings. The van der Waals surface area contributed by atoms with Crippen LogP contribution in [0.2, 0.25) is 0 Å². The summed E-state index contributed by atoms with van der Waals surface area (Å²) >= 11 is 0. The lowest BCUT2D eigenvalue weighted by Crippen LogP contribution is -2.43. The highest BCUT2D eigenvalue weighted by atomic mass is 16.3. The van der Waals surface area contributed by atoms with Gasteiger partial charge in [-0.25, -0.2) is 0 Å². The molecule has 22 heavy (non-hydrogen) atoms. The third-order valence-corrected chi connectivity index (χ3v) is 5.36. The van der Waals surface area contributed by atoms with E-state index in [1.807, 2.05) is 0 Å². The van der Waals surface area contributed by atoms with Crippen LogP contribution in [0.25, 0.3) is 0 Å². The Kier molecular flexibility index (Phi) is 13.3. The molecule has 0 heterocycles. The van der Waals surface area contributed by atoms with E-state index in [1.54, 1.807) is 0 Å². The highest BCUT2D eigenvalue weighted by Crippen LogP contribution is 2.40. The van der Waals surface area contributed by atoms with Gasteiger partial charge in [0.1, 0.15) is 0 Å². The topological polar surface area (TPSA) is 40.5 Å². The Labute approximate surface area is 139 Å². The van der Waals surface area contributed by atoms with Gasteiger partial charge in [0, 0.05) is 0 Å². The van der Waals surface area contributed by atoms with Crippen LogP contribution in [0.3, 0.4) is 0 Å². The Hall–Kier alpha value is -0.0800. The fourth-order valence-corrected chi connectivity index (χ4v) is 3.56. The number of rotatable bonds is 15. The molecule has 2 nitrogen and oxygen atoms in total. The molecular formula is C20H42O2. The van der Waals surface area contributed by atoms with E-state index in [-0.39, 0.29) is 5.41 Å². The van der Waals surface area contributed by atoms with E-state index in [0.29, 0.717) is 0 Å². The van der Waals surface area contributed by atoms with Gasteiger partial charge in [-0.05, 0) is 31.1 Å². The van der Waals surface area contributed by atoms with Crippen molar-refractivity contribution in [3.63, 3.8) is 0 Å². The van der Waals surface area contributed by atoms with Crippen LogP contribution in [0.5, 0.6) is 0 Å². The second kappa shape index (κ2) is 13.4. The van der Waals surface area contributed by atoms with E-state index >= 15 is 0 Å². The van der Waals surface area contributed by atoms with Gasteiger partial charge >= 0.3 is 0 Å². The summed E-state index contributed by atoms with van der Waals surface area (Å²) in [6, 6.07) is 0. The quantitative estimate of drug-likeness (QED) is 0.372. The minimum atomic E-state index is -0.554. The van der Waals surface area contributed by atoms with Crippen LogP contribution in [0.15, 0.2) is 0 Å². The molecular weight excluding hydrogens is 272 g/mol. The molecule has 0 rings (SSSR count). The molecule has 2 N–H and O–H groups in total. The fourth-order valence-electron chi connectivity index (χ4n) is 3.56. The highest BCUT2D eigenvalue weighted by Gasteiger charge is 2.38. The average Bonchev–Trinajstić information content (AvgIpc) is 2.54. The first kappa shape index (κ1) is 21.9. The van der Waals surface area contributed by atoms with Crippen molar-refractivity contribution < 1.29 is 10.2 Å². The van der Waals surface area contributed by atoms with Crippen LogP contribution >= 0.6 is 0 Å². The first-order valence-corrected chi connectivity index (χ1v) is 9.94. The lowest BCUT2D eigenvalue weighted by atomic mass is 9.69. The monoisotopic (exact) mass is 314 g/mol. The van der Waals surface area contributed by atoms with Gasteiger partial charge in [0.25, 0.3) is 0 Å². The smallest absolute Gasteiger partial charge is 0.0854 e.